The largest absolute Gasteiger partial charge is 0.756 e. The molecule has 0 aliphatic rings. The SMILES string of the molecule is CCCCCCC/C=C\C/C=C\C/C=C\CCCCCCCCCCCCCCCCCCCCCCCCCCC(=O)OC(COC(=O)CCCCCCCCCCCCCCCCCCCCCCCCCCCCCCCCCCCCC)COP(=O)([O-])OCC[N+](C)(C)C. The summed E-state index contributed by atoms with van der Waals surface area (Å²) in [7, 11) is 1.20. The highest BCUT2D eigenvalue weighted by molar-refractivity contribution is 7.45. The summed E-state index contributed by atoms with van der Waals surface area (Å²) in [5.41, 5.74) is 0. The topological polar surface area (TPSA) is 111 Å². The van der Waals surface area contributed by atoms with E-state index in [9.17, 15) is 19.0 Å². The maximum atomic E-state index is 12.9. The minimum atomic E-state index is -4.64. The van der Waals surface area contributed by atoms with Crippen molar-refractivity contribution in [3.05, 3.63) is 36.5 Å². The Morgan fingerprint density at radius 1 is 0.316 bits per heavy atom. The molecule has 0 N–H and O–H groups in total. The van der Waals surface area contributed by atoms with Gasteiger partial charge in [0.05, 0.1) is 27.7 Å². The molecule has 2 unspecified atom stereocenters. The number of rotatable bonds is 83. The molecular weight excluding hydrogens is 1230 g/mol. The van der Waals surface area contributed by atoms with Gasteiger partial charge < -0.3 is 27.9 Å². The monoisotopic (exact) mass is 1400 g/mol. The number of unbranched alkanes of at least 4 members (excludes halogenated alkanes) is 63. The average Bonchev–Trinajstić information content (AvgIpc) is 1.23. The Bertz CT molecular complexity index is 1740. The lowest BCUT2D eigenvalue weighted by atomic mass is 10.0. The molecule has 0 aromatic rings. The molecule has 0 aliphatic carbocycles. The van der Waals surface area contributed by atoms with Crippen LogP contribution in [-0.4, -0.2) is 70.0 Å². The van der Waals surface area contributed by atoms with E-state index in [0.29, 0.717) is 17.4 Å². The van der Waals surface area contributed by atoms with Crippen molar-refractivity contribution >= 4 is 19.8 Å². The molecule has 0 bridgehead atoms. The van der Waals surface area contributed by atoms with Crippen molar-refractivity contribution in [3.63, 3.8) is 0 Å². The molecule has 0 amide bonds. The second kappa shape index (κ2) is 79.3. The average molecular weight is 1400 g/mol. The second-order valence-electron chi connectivity index (χ2n) is 31.3. The Morgan fingerprint density at radius 3 is 0.816 bits per heavy atom. The Labute approximate surface area is 612 Å². The van der Waals surface area contributed by atoms with E-state index < -0.39 is 26.5 Å². The summed E-state index contributed by atoms with van der Waals surface area (Å²) in [6, 6.07) is 0. The van der Waals surface area contributed by atoms with E-state index in [2.05, 4.69) is 50.3 Å². The molecule has 9 nitrogen and oxygen atoms in total. The fraction of sp³-hybridized carbons (Fsp3) is 0.909. The van der Waals surface area contributed by atoms with E-state index in [0.717, 1.165) is 44.9 Å². The lowest BCUT2D eigenvalue weighted by Crippen LogP contribution is -2.37. The number of carbonyl (C=O) groups is 2. The summed E-state index contributed by atoms with van der Waals surface area (Å²) < 4.78 is 34.5. The van der Waals surface area contributed by atoms with Crippen molar-refractivity contribution in [2.75, 3.05) is 47.5 Å². The van der Waals surface area contributed by atoms with Gasteiger partial charge in [-0.3, -0.25) is 14.2 Å². The van der Waals surface area contributed by atoms with Crippen LogP contribution in [-0.2, 0) is 32.7 Å². The first kappa shape index (κ1) is 96.2. The number of quaternary nitrogens is 1. The smallest absolute Gasteiger partial charge is 0.306 e. The van der Waals surface area contributed by atoms with Crippen molar-refractivity contribution in [3.8, 4) is 0 Å². The van der Waals surface area contributed by atoms with Gasteiger partial charge in [-0.15, -0.1) is 0 Å². The maximum Gasteiger partial charge on any atom is 0.306 e. The Morgan fingerprint density at radius 2 is 0.551 bits per heavy atom. The lowest BCUT2D eigenvalue weighted by molar-refractivity contribution is -0.870. The molecule has 0 fully saturated rings. The molecule has 2 atom stereocenters. The fourth-order valence-electron chi connectivity index (χ4n) is 13.5. The summed E-state index contributed by atoms with van der Waals surface area (Å²) in [5.74, 6) is -0.803. The first-order chi connectivity index (χ1) is 48.0. The molecule has 580 valence electrons. The van der Waals surface area contributed by atoms with Gasteiger partial charge in [0.15, 0.2) is 6.10 Å². The predicted octanol–water partition coefficient (Wildman–Crippen LogP) is 28.7. The third kappa shape index (κ3) is 83.2. The minimum Gasteiger partial charge on any atom is -0.756 e. The summed E-state index contributed by atoms with van der Waals surface area (Å²) in [6.45, 7) is 4.32. The van der Waals surface area contributed by atoms with Crippen molar-refractivity contribution in [2.24, 2.45) is 0 Å². The lowest BCUT2D eigenvalue weighted by Gasteiger charge is -2.28. The zero-order valence-electron chi connectivity index (χ0n) is 66.5. The highest BCUT2D eigenvalue weighted by Gasteiger charge is 2.22. The van der Waals surface area contributed by atoms with E-state index in [1.807, 2.05) is 21.1 Å². The number of likely N-dealkylation sites (N-methyl/N-ethyl adjacent to an activating group) is 1. The highest BCUT2D eigenvalue weighted by atomic mass is 31.2. The van der Waals surface area contributed by atoms with Gasteiger partial charge in [-0.1, -0.05) is 436 Å². The molecule has 0 heterocycles. The number of phosphoric acid groups is 1. The molecule has 0 aromatic heterocycles. The predicted molar refractivity (Wildman–Crippen MR) is 425 cm³/mol. The van der Waals surface area contributed by atoms with Crippen molar-refractivity contribution in [2.45, 2.75) is 469 Å². The Balaban J connectivity index is 3.85. The Kier molecular flexibility index (Phi) is 77.9. The van der Waals surface area contributed by atoms with Crippen molar-refractivity contribution < 1.29 is 42.1 Å². The van der Waals surface area contributed by atoms with Crippen LogP contribution in [0.25, 0.3) is 0 Å². The third-order valence-electron chi connectivity index (χ3n) is 20.2. The molecule has 0 aliphatic heterocycles. The standard InChI is InChI=1S/C88H170NO8P/c1-6-8-10-12-14-16-18-20-22-24-26-28-30-32-34-36-38-40-42-43-44-45-47-49-51-53-55-57-59-61-63-65-67-69-71-73-75-77-79-81-88(91)97-86(85-96-98(92,93)95-83-82-89(3,4)5)84-94-87(90)80-78-76-74-72-70-68-66-64-62-60-58-56-54-52-50-48-46-41-39-37-35-33-31-29-27-25-23-21-19-17-15-13-11-9-7-2/h18,20,24,26,30,32,86H,6-17,19,21-23,25,27-29,31,33-85H2,1-5H3/b20-18-,26-24-,32-30-. The van der Waals surface area contributed by atoms with Crippen molar-refractivity contribution in [1.82, 2.24) is 0 Å². The number of phosphoric ester groups is 1. The number of esters is 2. The quantitative estimate of drug-likeness (QED) is 0.0195. The normalized spacial score (nSPS) is 13.1. The molecular formula is C88H170NO8P. The van der Waals surface area contributed by atoms with Crippen molar-refractivity contribution in [1.29, 1.82) is 0 Å². The second-order valence-corrected chi connectivity index (χ2v) is 32.7. The van der Waals surface area contributed by atoms with E-state index in [4.69, 9.17) is 18.5 Å². The molecule has 0 spiro atoms. The van der Waals surface area contributed by atoms with Crippen LogP contribution in [0.15, 0.2) is 36.5 Å². The van der Waals surface area contributed by atoms with Crippen LogP contribution in [0.5, 0.6) is 0 Å². The highest BCUT2D eigenvalue weighted by Crippen LogP contribution is 2.38. The van der Waals surface area contributed by atoms with E-state index in [-0.39, 0.29) is 32.0 Å². The minimum absolute atomic E-state index is 0.0266. The van der Waals surface area contributed by atoms with Crippen LogP contribution in [0.4, 0.5) is 0 Å². The first-order valence-corrected chi connectivity index (χ1v) is 45.2. The Hall–Kier alpha value is -1.77. The van der Waals surface area contributed by atoms with Gasteiger partial charge >= 0.3 is 11.9 Å². The van der Waals surface area contributed by atoms with E-state index in [1.54, 1.807) is 0 Å². The number of hydrogen-bond acceptors (Lipinski definition) is 8. The molecule has 10 heteroatoms. The van der Waals surface area contributed by atoms with Crippen LogP contribution >= 0.6 is 7.82 Å². The van der Waals surface area contributed by atoms with Gasteiger partial charge in [0, 0.05) is 12.8 Å². The molecule has 0 saturated carbocycles. The fourth-order valence-corrected chi connectivity index (χ4v) is 14.2. The van der Waals surface area contributed by atoms with E-state index in [1.165, 1.54) is 385 Å². The molecule has 98 heavy (non-hydrogen) atoms. The van der Waals surface area contributed by atoms with E-state index >= 15 is 0 Å². The summed E-state index contributed by atoms with van der Waals surface area (Å²) in [5, 5.41) is 0. The molecule has 0 saturated heterocycles. The summed E-state index contributed by atoms with van der Waals surface area (Å²) in [4.78, 5) is 38.2. The van der Waals surface area contributed by atoms with Gasteiger partial charge in [0.2, 0.25) is 0 Å². The summed E-state index contributed by atoms with van der Waals surface area (Å²) in [6.07, 6.45) is 105. The van der Waals surface area contributed by atoms with Crippen LogP contribution in [0.2, 0.25) is 0 Å². The number of nitrogens with zero attached hydrogens (tertiary/aromatic N) is 1. The first-order valence-electron chi connectivity index (χ1n) is 43.7. The number of ether oxygens (including phenoxy) is 2. The molecule has 0 radical (unpaired) electrons. The number of allylic oxidation sites excluding steroid dienone is 6. The summed E-state index contributed by atoms with van der Waals surface area (Å²) >= 11 is 0. The maximum absolute atomic E-state index is 12.9. The van der Waals surface area contributed by atoms with Gasteiger partial charge in [0.25, 0.3) is 7.82 Å². The van der Waals surface area contributed by atoms with Gasteiger partial charge in [0.1, 0.15) is 19.8 Å². The van der Waals surface area contributed by atoms with Gasteiger partial charge in [-0.2, -0.15) is 0 Å². The number of hydrogen-bond donors (Lipinski definition) is 0. The van der Waals surface area contributed by atoms with Crippen LogP contribution in [0.3, 0.4) is 0 Å². The third-order valence-corrected chi connectivity index (χ3v) is 21.1. The number of carbonyl (C=O) groups excluding carboxylic acids is 2. The zero-order chi connectivity index (χ0) is 71.1. The molecule has 0 rings (SSSR count). The molecule has 0 aromatic carbocycles. The van der Waals surface area contributed by atoms with Crippen LogP contribution in [0.1, 0.15) is 463 Å². The van der Waals surface area contributed by atoms with Gasteiger partial charge in [-0.25, -0.2) is 0 Å². The van der Waals surface area contributed by atoms with Crippen LogP contribution < -0.4 is 4.89 Å². The van der Waals surface area contributed by atoms with Gasteiger partial charge in [-0.05, 0) is 51.4 Å². The zero-order valence-corrected chi connectivity index (χ0v) is 67.4. The van der Waals surface area contributed by atoms with Crippen LogP contribution in [0, 0.1) is 0 Å².